The zero-order valence-corrected chi connectivity index (χ0v) is 16.1. The van der Waals surface area contributed by atoms with Crippen LogP contribution in [0.15, 0.2) is 36.7 Å². The topological polar surface area (TPSA) is 62.7 Å². The van der Waals surface area contributed by atoms with Crippen molar-refractivity contribution >= 4 is 11.8 Å². The Kier molecular flexibility index (Phi) is 5.74. The molecule has 0 atom stereocenters. The lowest BCUT2D eigenvalue weighted by atomic mass is 10.0. The first-order chi connectivity index (χ1) is 13.0. The molecule has 2 amide bonds. The number of carbonyl (C=O) groups excluding carboxylic acids is 2. The zero-order valence-electron chi connectivity index (χ0n) is 16.1. The van der Waals surface area contributed by atoms with Crippen molar-refractivity contribution in [2.75, 3.05) is 33.3 Å². The first-order valence-corrected chi connectivity index (χ1v) is 9.10. The van der Waals surface area contributed by atoms with Crippen LogP contribution in [0.2, 0.25) is 0 Å². The summed E-state index contributed by atoms with van der Waals surface area (Å²) in [5.74, 6) is 0.809. The van der Waals surface area contributed by atoms with Crippen molar-refractivity contribution in [2.24, 2.45) is 0 Å². The predicted molar refractivity (Wildman–Crippen MR) is 103 cm³/mol. The second kappa shape index (κ2) is 8.20. The van der Waals surface area contributed by atoms with Crippen LogP contribution in [0.1, 0.15) is 27.0 Å². The molecular formula is C21H25N3O3. The summed E-state index contributed by atoms with van der Waals surface area (Å²) in [6.45, 7) is 6.18. The van der Waals surface area contributed by atoms with Crippen molar-refractivity contribution in [1.29, 1.82) is 0 Å². The average Bonchev–Trinajstić information content (AvgIpc) is 2.69. The Morgan fingerprint density at radius 1 is 1.04 bits per heavy atom. The van der Waals surface area contributed by atoms with Gasteiger partial charge in [0.05, 0.1) is 13.5 Å². The molecule has 2 aromatic rings. The molecule has 1 aliphatic rings. The number of carbonyl (C=O) groups is 2. The van der Waals surface area contributed by atoms with Crippen LogP contribution in [0.5, 0.6) is 5.75 Å². The van der Waals surface area contributed by atoms with E-state index in [1.165, 1.54) is 0 Å². The van der Waals surface area contributed by atoms with Crippen LogP contribution in [-0.2, 0) is 11.2 Å². The molecule has 0 saturated carbocycles. The van der Waals surface area contributed by atoms with Crippen molar-refractivity contribution < 1.29 is 14.3 Å². The number of methoxy groups -OCH3 is 1. The normalized spacial score (nSPS) is 14.2. The number of aromatic nitrogens is 1. The summed E-state index contributed by atoms with van der Waals surface area (Å²) in [6, 6.07) is 7.45. The van der Waals surface area contributed by atoms with Gasteiger partial charge >= 0.3 is 0 Å². The van der Waals surface area contributed by atoms with E-state index in [4.69, 9.17) is 4.74 Å². The largest absolute Gasteiger partial charge is 0.496 e. The quantitative estimate of drug-likeness (QED) is 0.831. The number of hydrogen-bond acceptors (Lipinski definition) is 4. The summed E-state index contributed by atoms with van der Waals surface area (Å²) in [5, 5.41) is 0. The van der Waals surface area contributed by atoms with E-state index in [1.807, 2.05) is 24.8 Å². The molecule has 1 aromatic carbocycles. The third-order valence-electron chi connectivity index (χ3n) is 4.97. The number of ether oxygens (including phenoxy) is 1. The van der Waals surface area contributed by atoms with E-state index in [-0.39, 0.29) is 11.8 Å². The fourth-order valence-electron chi connectivity index (χ4n) is 3.47. The molecule has 0 spiro atoms. The van der Waals surface area contributed by atoms with Crippen molar-refractivity contribution in [1.82, 2.24) is 14.8 Å². The van der Waals surface area contributed by atoms with Gasteiger partial charge in [-0.1, -0.05) is 6.07 Å². The Morgan fingerprint density at radius 2 is 1.67 bits per heavy atom. The van der Waals surface area contributed by atoms with Gasteiger partial charge < -0.3 is 14.5 Å². The molecule has 1 aromatic heterocycles. The second-order valence-corrected chi connectivity index (χ2v) is 6.85. The summed E-state index contributed by atoms with van der Waals surface area (Å²) in [5.41, 5.74) is 3.74. The highest BCUT2D eigenvalue weighted by molar-refractivity contribution is 5.94. The van der Waals surface area contributed by atoms with E-state index in [9.17, 15) is 9.59 Å². The van der Waals surface area contributed by atoms with Crippen LogP contribution >= 0.6 is 0 Å². The van der Waals surface area contributed by atoms with Gasteiger partial charge in [-0.15, -0.1) is 0 Å². The first kappa shape index (κ1) is 18.9. The molecule has 0 bridgehead atoms. The van der Waals surface area contributed by atoms with E-state index in [0.717, 1.165) is 22.4 Å². The third kappa shape index (κ3) is 4.27. The van der Waals surface area contributed by atoms with Crippen molar-refractivity contribution in [3.05, 3.63) is 58.9 Å². The third-order valence-corrected chi connectivity index (χ3v) is 4.97. The number of rotatable bonds is 4. The molecule has 0 N–H and O–H groups in total. The number of aryl methyl sites for hydroxylation is 2. The second-order valence-electron chi connectivity index (χ2n) is 6.85. The van der Waals surface area contributed by atoms with Gasteiger partial charge in [0.1, 0.15) is 5.75 Å². The molecule has 142 valence electrons. The van der Waals surface area contributed by atoms with Crippen LogP contribution in [0, 0.1) is 13.8 Å². The molecule has 27 heavy (non-hydrogen) atoms. The van der Waals surface area contributed by atoms with E-state index in [2.05, 4.69) is 11.1 Å². The van der Waals surface area contributed by atoms with E-state index in [0.29, 0.717) is 38.2 Å². The minimum atomic E-state index is -0.0134. The Balaban J connectivity index is 1.62. The van der Waals surface area contributed by atoms with E-state index < -0.39 is 0 Å². The maximum absolute atomic E-state index is 12.8. The Morgan fingerprint density at radius 3 is 2.30 bits per heavy atom. The molecule has 0 unspecified atom stereocenters. The maximum atomic E-state index is 12.8. The number of amides is 2. The lowest BCUT2D eigenvalue weighted by molar-refractivity contribution is -0.131. The highest BCUT2D eigenvalue weighted by Gasteiger charge is 2.25. The predicted octanol–water partition coefficient (Wildman–Crippen LogP) is 2.23. The van der Waals surface area contributed by atoms with Gasteiger partial charge in [-0.25, -0.2) is 0 Å². The molecule has 3 rings (SSSR count). The number of pyridine rings is 1. The van der Waals surface area contributed by atoms with Crippen LogP contribution in [0.4, 0.5) is 0 Å². The van der Waals surface area contributed by atoms with Crippen molar-refractivity contribution in [2.45, 2.75) is 20.3 Å². The highest BCUT2D eigenvalue weighted by atomic mass is 16.5. The van der Waals surface area contributed by atoms with Crippen LogP contribution in [0.25, 0.3) is 0 Å². The summed E-state index contributed by atoms with van der Waals surface area (Å²) in [4.78, 5) is 32.8. The molecule has 1 fully saturated rings. The van der Waals surface area contributed by atoms with Crippen molar-refractivity contribution in [3.8, 4) is 5.75 Å². The van der Waals surface area contributed by atoms with Crippen LogP contribution < -0.4 is 4.74 Å². The number of piperazine rings is 1. The summed E-state index contributed by atoms with van der Waals surface area (Å²) in [6.07, 6.45) is 3.54. The monoisotopic (exact) mass is 367 g/mol. The summed E-state index contributed by atoms with van der Waals surface area (Å²) >= 11 is 0. The van der Waals surface area contributed by atoms with Crippen molar-refractivity contribution in [3.63, 3.8) is 0 Å². The van der Waals surface area contributed by atoms with Gasteiger partial charge in [0.15, 0.2) is 0 Å². The fraction of sp³-hybridized carbons (Fsp3) is 0.381. The van der Waals surface area contributed by atoms with Gasteiger partial charge in [-0.2, -0.15) is 0 Å². The zero-order chi connectivity index (χ0) is 19.4. The Hall–Kier alpha value is -2.89. The van der Waals surface area contributed by atoms with Gasteiger partial charge in [0.2, 0.25) is 5.91 Å². The number of benzene rings is 1. The maximum Gasteiger partial charge on any atom is 0.254 e. The molecule has 0 radical (unpaired) electrons. The highest BCUT2D eigenvalue weighted by Crippen LogP contribution is 2.25. The number of nitrogens with zero attached hydrogens (tertiary/aromatic N) is 3. The van der Waals surface area contributed by atoms with Crippen LogP contribution in [0.3, 0.4) is 0 Å². The molecule has 6 heteroatoms. The van der Waals surface area contributed by atoms with Gasteiger partial charge in [-0.3, -0.25) is 14.6 Å². The van der Waals surface area contributed by atoms with Gasteiger partial charge in [0, 0.05) is 49.7 Å². The molecule has 6 nitrogen and oxygen atoms in total. The van der Waals surface area contributed by atoms with Gasteiger partial charge in [0.25, 0.3) is 5.91 Å². The van der Waals surface area contributed by atoms with E-state index in [1.54, 1.807) is 36.5 Å². The Bertz CT molecular complexity index is 828. The minimum Gasteiger partial charge on any atom is -0.496 e. The van der Waals surface area contributed by atoms with E-state index >= 15 is 0 Å². The molecular weight excluding hydrogens is 342 g/mol. The minimum absolute atomic E-state index is 0.0134. The lowest BCUT2D eigenvalue weighted by Crippen LogP contribution is -2.51. The standard InChI is InChI=1S/C21H25N3O3/c1-15-12-16(2)18(19(13-15)27-3)14-20(25)23-8-10-24(11-9-23)21(26)17-4-6-22-7-5-17/h4-7,12-13H,8-11,14H2,1-3H3. The molecule has 1 aliphatic heterocycles. The average molecular weight is 367 g/mol. The smallest absolute Gasteiger partial charge is 0.254 e. The SMILES string of the molecule is COc1cc(C)cc(C)c1CC(=O)N1CCN(C(=O)c2ccncc2)CC1. The van der Waals surface area contributed by atoms with Gasteiger partial charge in [-0.05, 0) is 43.2 Å². The molecule has 0 aliphatic carbocycles. The fourth-order valence-corrected chi connectivity index (χ4v) is 3.47. The van der Waals surface area contributed by atoms with Crippen LogP contribution in [-0.4, -0.2) is 59.9 Å². The lowest BCUT2D eigenvalue weighted by Gasteiger charge is -2.35. The Labute approximate surface area is 159 Å². The summed E-state index contributed by atoms with van der Waals surface area (Å²) in [7, 11) is 1.63. The number of hydrogen-bond donors (Lipinski definition) is 0. The first-order valence-electron chi connectivity index (χ1n) is 9.10. The summed E-state index contributed by atoms with van der Waals surface area (Å²) < 4.78 is 5.46. The molecule has 2 heterocycles. The molecule has 1 saturated heterocycles.